The third-order valence-corrected chi connectivity index (χ3v) is 10.2. The Morgan fingerprint density at radius 2 is 1.74 bits per heavy atom. The third kappa shape index (κ3) is 5.69. The predicted molar refractivity (Wildman–Crippen MR) is 153 cm³/mol. The van der Waals surface area contributed by atoms with Crippen LogP contribution in [-0.2, 0) is 34.0 Å². The summed E-state index contributed by atoms with van der Waals surface area (Å²) in [5, 5.41) is 12.7. The first kappa shape index (κ1) is 25.9. The summed E-state index contributed by atoms with van der Waals surface area (Å²) in [4.78, 5) is 11.2. The van der Waals surface area contributed by atoms with Crippen LogP contribution in [0.15, 0.2) is 54.6 Å². The number of benzene rings is 3. The Morgan fingerprint density at radius 3 is 2.46 bits per heavy atom. The molecule has 3 aromatic carbocycles. The quantitative estimate of drug-likeness (QED) is 0.384. The fourth-order valence-corrected chi connectivity index (χ4v) is 7.64. The van der Waals surface area contributed by atoms with Crippen molar-refractivity contribution in [1.29, 1.82) is 0 Å². The van der Waals surface area contributed by atoms with Crippen LogP contribution in [0.1, 0.15) is 59.4 Å². The van der Waals surface area contributed by atoms with E-state index in [1.54, 1.807) is 0 Å². The molecule has 1 heterocycles. The van der Waals surface area contributed by atoms with Gasteiger partial charge in [-0.3, -0.25) is 4.79 Å². The maximum Gasteiger partial charge on any atom is 0.307 e. The van der Waals surface area contributed by atoms with Gasteiger partial charge in [0.15, 0.2) is 9.84 Å². The van der Waals surface area contributed by atoms with Crippen LogP contribution in [0, 0.1) is 12.8 Å². The molecule has 0 radical (unpaired) electrons. The highest BCUT2D eigenvalue weighted by atomic mass is 32.2. The molecule has 2 fully saturated rings. The van der Waals surface area contributed by atoms with E-state index in [9.17, 15) is 18.3 Å². The zero-order valence-electron chi connectivity index (χ0n) is 22.3. The third-order valence-electron chi connectivity index (χ3n) is 8.47. The molecule has 2 N–H and O–H groups in total. The Balaban J connectivity index is 1.17. The summed E-state index contributed by atoms with van der Waals surface area (Å²) in [5.41, 5.74) is 9.78. The fraction of sp³-hybridized carbons (Fsp3) is 0.406. The zero-order chi connectivity index (χ0) is 27.1. The lowest BCUT2D eigenvalue weighted by molar-refractivity contribution is -0.138. The van der Waals surface area contributed by atoms with Gasteiger partial charge < -0.3 is 15.2 Å². The van der Waals surface area contributed by atoms with Gasteiger partial charge in [0.05, 0.1) is 17.4 Å². The molecular weight excluding hydrogens is 510 g/mol. The zero-order valence-corrected chi connectivity index (χ0v) is 23.1. The van der Waals surface area contributed by atoms with Crippen molar-refractivity contribution in [3.63, 3.8) is 0 Å². The minimum atomic E-state index is -2.91. The molecule has 1 saturated heterocycles. The highest BCUT2D eigenvalue weighted by Crippen LogP contribution is 2.47. The number of hydrogen-bond acceptors (Lipinski definition) is 5. The number of carboxylic acids is 1. The standard InChI is InChI=1S/C32H35NO5S/c1-20-15-27(38-26-11-13-39(36,37)14-12-26)17-24-4-2-3-22-6-5-21(16-29(22)31(20)24)19-33-25-9-7-23(8-10-25)28-18-30(28)32(34)35/h5-10,15-17,26,28,30,33H,2-4,11-14,18-19H2,1H3,(H,34,35)/t28-,30+/m1/s1. The second-order valence-corrected chi connectivity index (χ2v) is 13.7. The molecule has 2 aliphatic carbocycles. The number of ether oxygens (including phenoxy) is 1. The molecule has 3 aromatic rings. The molecule has 0 unspecified atom stereocenters. The van der Waals surface area contributed by atoms with Gasteiger partial charge in [0, 0.05) is 12.2 Å². The van der Waals surface area contributed by atoms with E-state index in [1.165, 1.54) is 33.4 Å². The van der Waals surface area contributed by atoms with Crippen molar-refractivity contribution < 1.29 is 23.1 Å². The molecule has 204 valence electrons. The summed E-state index contributed by atoms with van der Waals surface area (Å²) >= 11 is 0. The molecule has 1 saturated carbocycles. The van der Waals surface area contributed by atoms with Crippen LogP contribution in [-0.4, -0.2) is 37.1 Å². The topological polar surface area (TPSA) is 92.7 Å². The second-order valence-electron chi connectivity index (χ2n) is 11.4. The largest absolute Gasteiger partial charge is 0.490 e. The highest BCUT2D eigenvalue weighted by molar-refractivity contribution is 7.91. The summed E-state index contributed by atoms with van der Waals surface area (Å²) < 4.78 is 29.9. The molecule has 6 nitrogen and oxygen atoms in total. The van der Waals surface area contributed by atoms with E-state index in [-0.39, 0.29) is 29.4 Å². The van der Waals surface area contributed by atoms with E-state index in [0.717, 1.165) is 42.7 Å². The maximum absolute atomic E-state index is 11.8. The Bertz CT molecular complexity index is 1500. The van der Waals surface area contributed by atoms with Crippen LogP contribution >= 0.6 is 0 Å². The number of anilines is 1. The first-order chi connectivity index (χ1) is 18.8. The van der Waals surface area contributed by atoms with Gasteiger partial charge in [-0.25, -0.2) is 8.42 Å². The predicted octanol–water partition coefficient (Wildman–Crippen LogP) is 5.91. The number of aryl methyl sites for hydroxylation is 3. The summed E-state index contributed by atoms with van der Waals surface area (Å²) in [6.07, 6.45) is 4.92. The van der Waals surface area contributed by atoms with Crippen molar-refractivity contribution in [1.82, 2.24) is 0 Å². The smallest absolute Gasteiger partial charge is 0.307 e. The molecule has 1 aliphatic heterocycles. The lowest BCUT2D eigenvalue weighted by atomic mass is 9.91. The second kappa shape index (κ2) is 10.3. The number of nitrogens with one attached hydrogen (secondary N) is 1. The highest BCUT2D eigenvalue weighted by Gasteiger charge is 2.44. The lowest BCUT2D eigenvalue weighted by Crippen LogP contribution is -2.30. The van der Waals surface area contributed by atoms with E-state index >= 15 is 0 Å². The van der Waals surface area contributed by atoms with Crippen molar-refractivity contribution in [2.24, 2.45) is 5.92 Å². The van der Waals surface area contributed by atoms with Crippen molar-refractivity contribution >= 4 is 21.5 Å². The van der Waals surface area contributed by atoms with Crippen LogP contribution in [0.25, 0.3) is 11.1 Å². The van der Waals surface area contributed by atoms with Gasteiger partial charge in [0.1, 0.15) is 11.9 Å². The Labute approximate surface area is 230 Å². The number of rotatable bonds is 7. The molecule has 0 spiro atoms. The Kier molecular flexibility index (Phi) is 6.88. The van der Waals surface area contributed by atoms with E-state index in [0.29, 0.717) is 19.4 Å². The minimum Gasteiger partial charge on any atom is -0.490 e. The molecule has 0 bridgehead atoms. The molecule has 7 heteroatoms. The van der Waals surface area contributed by atoms with Crippen molar-refractivity contribution in [3.8, 4) is 16.9 Å². The summed E-state index contributed by atoms with van der Waals surface area (Å²) in [6, 6.07) is 19.2. The first-order valence-electron chi connectivity index (χ1n) is 14.0. The maximum atomic E-state index is 11.8. The van der Waals surface area contributed by atoms with Gasteiger partial charge in [-0.15, -0.1) is 0 Å². The molecule has 2 atom stereocenters. The van der Waals surface area contributed by atoms with Crippen molar-refractivity contribution in [3.05, 3.63) is 82.4 Å². The number of carboxylic acid groups (broad SMARTS) is 1. The number of fused-ring (bicyclic) bond motifs is 3. The van der Waals surface area contributed by atoms with E-state index in [2.05, 4.69) is 42.6 Å². The van der Waals surface area contributed by atoms with E-state index in [4.69, 9.17) is 4.74 Å². The average Bonchev–Trinajstić information content (AvgIpc) is 3.73. The van der Waals surface area contributed by atoms with Gasteiger partial charge in [-0.2, -0.15) is 0 Å². The average molecular weight is 546 g/mol. The monoisotopic (exact) mass is 545 g/mol. The van der Waals surface area contributed by atoms with Gasteiger partial charge in [0.2, 0.25) is 0 Å². The number of carbonyl (C=O) groups is 1. The Hall–Kier alpha value is -3.32. The number of sulfone groups is 1. The Morgan fingerprint density at radius 1 is 1.00 bits per heavy atom. The van der Waals surface area contributed by atoms with E-state index < -0.39 is 15.8 Å². The fourth-order valence-electron chi connectivity index (χ4n) is 6.20. The molecule has 39 heavy (non-hydrogen) atoms. The van der Waals surface area contributed by atoms with Gasteiger partial charge in [0.25, 0.3) is 0 Å². The van der Waals surface area contributed by atoms with Crippen LogP contribution in [0.3, 0.4) is 0 Å². The lowest BCUT2D eigenvalue weighted by Gasteiger charge is -2.24. The van der Waals surface area contributed by atoms with Gasteiger partial charge >= 0.3 is 5.97 Å². The molecule has 6 rings (SSSR count). The molecular formula is C32H35NO5S. The summed E-state index contributed by atoms with van der Waals surface area (Å²) in [5.74, 6) is 0.482. The van der Waals surface area contributed by atoms with Crippen LogP contribution in [0.4, 0.5) is 5.69 Å². The first-order valence-corrected chi connectivity index (χ1v) is 15.8. The van der Waals surface area contributed by atoms with Crippen LogP contribution in [0.2, 0.25) is 0 Å². The van der Waals surface area contributed by atoms with Crippen LogP contribution in [0.5, 0.6) is 5.75 Å². The molecule has 0 amide bonds. The van der Waals surface area contributed by atoms with Crippen molar-refractivity contribution in [2.45, 2.75) is 64.0 Å². The summed E-state index contributed by atoms with van der Waals surface area (Å²) in [6.45, 7) is 2.85. The molecule has 0 aromatic heterocycles. The van der Waals surface area contributed by atoms with E-state index in [1.807, 2.05) is 24.3 Å². The minimum absolute atomic E-state index is 0.0429. The van der Waals surface area contributed by atoms with Crippen LogP contribution < -0.4 is 10.1 Å². The number of hydrogen-bond donors (Lipinski definition) is 2. The summed E-state index contributed by atoms with van der Waals surface area (Å²) in [7, 11) is -2.91. The van der Waals surface area contributed by atoms with Gasteiger partial charge in [-0.05, 0) is 121 Å². The van der Waals surface area contributed by atoms with Gasteiger partial charge in [-0.1, -0.05) is 24.3 Å². The number of aliphatic carboxylic acids is 1. The SMILES string of the molecule is Cc1cc(OC2CCS(=O)(=O)CC2)cc2c1-c1cc(CNc3ccc([C@H]4C[C@@H]4C(=O)O)cc3)ccc1CCC2. The normalized spacial score (nSPS) is 21.8. The van der Waals surface area contributed by atoms with Crippen molar-refractivity contribution in [2.75, 3.05) is 16.8 Å². The molecule has 3 aliphatic rings.